The van der Waals surface area contributed by atoms with Crippen molar-refractivity contribution in [3.8, 4) is 0 Å². The molecule has 20 heteroatoms. The second-order valence-electron chi connectivity index (χ2n) is 12.6. The Balaban J connectivity index is 3.35. The summed E-state index contributed by atoms with van der Waals surface area (Å²) in [6, 6.07) is 2.40. The van der Waals surface area contributed by atoms with E-state index >= 15 is 0 Å². The van der Waals surface area contributed by atoms with Gasteiger partial charge in [0.2, 0.25) is 35.4 Å². The Labute approximate surface area is 314 Å². The molecule has 0 saturated heterocycles. The SMILES string of the molecule is CC[C@H](C)[C@H](NC(=O)[C@H](CCCCN)NC(=O)[C@H](Cc1ccccc1)NC(=O)[C@H](CO)NC(=O)CN)C(=O)N[C@@H](CCCN=C(N)N)C(=O)NCC(=O)O. The molecule has 20 nitrogen and oxygen atoms in total. The van der Waals surface area contributed by atoms with Crippen LogP contribution in [0.4, 0.5) is 0 Å². The molecule has 16 N–H and O–H groups in total. The minimum absolute atomic E-state index is 0.0229. The van der Waals surface area contributed by atoms with Crippen LogP contribution in [0, 0.1) is 5.92 Å². The number of aliphatic carboxylic acids is 1. The minimum Gasteiger partial charge on any atom is -0.480 e. The molecule has 1 rings (SSSR count). The van der Waals surface area contributed by atoms with E-state index < -0.39 is 97.2 Å². The van der Waals surface area contributed by atoms with E-state index in [4.69, 9.17) is 28.0 Å². The van der Waals surface area contributed by atoms with E-state index in [0.717, 1.165) is 0 Å². The Bertz CT molecular complexity index is 1410. The smallest absolute Gasteiger partial charge is 0.322 e. The Hall–Kier alpha value is -5.34. The van der Waals surface area contributed by atoms with Crippen LogP contribution in [-0.4, -0.2) is 121 Å². The highest BCUT2D eigenvalue weighted by Gasteiger charge is 2.34. The van der Waals surface area contributed by atoms with E-state index in [-0.39, 0.29) is 38.2 Å². The summed E-state index contributed by atoms with van der Waals surface area (Å²) in [4.78, 5) is 94.2. The normalized spacial score (nSPS) is 14.1. The number of carbonyl (C=O) groups excluding carboxylic acids is 6. The number of nitrogens with zero attached hydrogens (tertiary/aromatic N) is 1. The maximum atomic E-state index is 13.9. The molecular formula is C34H57N11O9. The van der Waals surface area contributed by atoms with E-state index in [1.165, 1.54) is 0 Å². The predicted molar refractivity (Wildman–Crippen MR) is 199 cm³/mol. The second kappa shape index (κ2) is 25.6. The third kappa shape index (κ3) is 17.9. The first kappa shape index (κ1) is 46.7. The molecule has 0 bridgehead atoms. The summed E-state index contributed by atoms with van der Waals surface area (Å²) in [6.07, 6.45) is 1.69. The number of benzene rings is 1. The Morgan fingerprint density at radius 1 is 0.741 bits per heavy atom. The van der Waals surface area contributed by atoms with Gasteiger partial charge in [-0.1, -0.05) is 50.6 Å². The molecule has 0 saturated carbocycles. The lowest BCUT2D eigenvalue weighted by Gasteiger charge is -2.29. The molecule has 1 aromatic rings. The molecular weight excluding hydrogens is 706 g/mol. The number of carboxylic acids is 1. The van der Waals surface area contributed by atoms with Crippen LogP contribution in [0.25, 0.3) is 0 Å². The molecule has 0 aromatic heterocycles. The molecule has 0 unspecified atom stereocenters. The lowest BCUT2D eigenvalue weighted by molar-refractivity contribution is -0.138. The van der Waals surface area contributed by atoms with Crippen LogP contribution in [0.3, 0.4) is 0 Å². The van der Waals surface area contributed by atoms with Gasteiger partial charge in [0.05, 0.1) is 13.2 Å². The summed E-state index contributed by atoms with van der Waals surface area (Å²) >= 11 is 0. The monoisotopic (exact) mass is 763 g/mol. The largest absolute Gasteiger partial charge is 0.480 e. The van der Waals surface area contributed by atoms with Gasteiger partial charge in [0.25, 0.3) is 0 Å². The quantitative estimate of drug-likeness (QED) is 0.0244. The van der Waals surface area contributed by atoms with E-state index in [1.54, 1.807) is 44.2 Å². The van der Waals surface area contributed by atoms with Crippen molar-refractivity contribution < 1.29 is 43.8 Å². The zero-order valence-corrected chi connectivity index (χ0v) is 30.8. The molecule has 0 fully saturated rings. The maximum Gasteiger partial charge on any atom is 0.322 e. The summed E-state index contributed by atoms with van der Waals surface area (Å²) < 4.78 is 0. The van der Waals surface area contributed by atoms with Gasteiger partial charge in [-0.15, -0.1) is 0 Å². The van der Waals surface area contributed by atoms with Crippen molar-refractivity contribution in [1.82, 2.24) is 31.9 Å². The summed E-state index contributed by atoms with van der Waals surface area (Å²) in [5, 5.41) is 33.8. The number of carbonyl (C=O) groups is 7. The zero-order valence-electron chi connectivity index (χ0n) is 30.8. The first-order valence-corrected chi connectivity index (χ1v) is 17.8. The van der Waals surface area contributed by atoms with E-state index in [9.17, 15) is 38.7 Å². The lowest BCUT2D eigenvalue weighted by Crippen LogP contribution is -2.60. The number of guanidine groups is 1. The summed E-state index contributed by atoms with van der Waals surface area (Å²) in [7, 11) is 0. The first-order valence-electron chi connectivity index (χ1n) is 17.8. The standard InChI is InChI=1S/C34H57N11O9/c1-3-20(2)28(33(54)43-22(13-9-15-39-34(37)38)29(50)40-18-27(48)49)45-30(51)23(12-7-8-14-35)42-31(52)24(16-21-10-5-4-6-11-21)44-32(53)25(19-46)41-26(47)17-36/h4-6,10-11,20,22-25,28,46H,3,7-9,12-19,35-36H2,1-2H3,(H,40,50)(H,41,47)(H,42,52)(H,43,54)(H,44,53)(H,45,51)(H,48,49)(H4,37,38,39)/t20-,22-,23-,24-,25-,28-/m0/s1. The molecule has 0 heterocycles. The Morgan fingerprint density at radius 3 is 1.89 bits per heavy atom. The molecule has 0 aliphatic carbocycles. The number of nitrogens with two attached hydrogens (primary N) is 4. The molecule has 6 atom stereocenters. The summed E-state index contributed by atoms with van der Waals surface area (Å²) in [6.45, 7) is 2.02. The number of hydrogen-bond acceptors (Lipinski definition) is 11. The van der Waals surface area contributed by atoms with Gasteiger partial charge in [-0.2, -0.15) is 0 Å². The van der Waals surface area contributed by atoms with Crippen LogP contribution in [0.1, 0.15) is 57.9 Å². The lowest BCUT2D eigenvalue weighted by atomic mass is 9.96. The van der Waals surface area contributed by atoms with Crippen LogP contribution in [0.15, 0.2) is 35.3 Å². The second-order valence-corrected chi connectivity index (χ2v) is 12.6. The van der Waals surface area contributed by atoms with Crippen LogP contribution < -0.4 is 54.8 Å². The number of amides is 6. The van der Waals surface area contributed by atoms with Crippen molar-refractivity contribution in [3.05, 3.63) is 35.9 Å². The van der Waals surface area contributed by atoms with Gasteiger partial charge < -0.3 is 65.0 Å². The highest BCUT2D eigenvalue weighted by molar-refractivity contribution is 5.97. The topological polar surface area (TPSA) is 349 Å². The summed E-state index contributed by atoms with van der Waals surface area (Å²) in [5.41, 5.74) is 22.4. The van der Waals surface area contributed by atoms with Gasteiger partial charge in [0.15, 0.2) is 5.96 Å². The number of carboxylic acid groups (broad SMARTS) is 1. The van der Waals surface area contributed by atoms with E-state index in [2.05, 4.69) is 36.9 Å². The van der Waals surface area contributed by atoms with Gasteiger partial charge in [0, 0.05) is 13.0 Å². The van der Waals surface area contributed by atoms with Gasteiger partial charge in [-0.3, -0.25) is 38.6 Å². The average molecular weight is 764 g/mol. The first-order chi connectivity index (χ1) is 25.7. The molecule has 0 aliphatic rings. The highest BCUT2D eigenvalue weighted by atomic mass is 16.4. The fourth-order valence-electron chi connectivity index (χ4n) is 5.09. The van der Waals surface area contributed by atoms with Gasteiger partial charge in [0.1, 0.15) is 36.8 Å². The average Bonchev–Trinajstić information content (AvgIpc) is 3.14. The van der Waals surface area contributed by atoms with Gasteiger partial charge in [-0.25, -0.2) is 0 Å². The third-order valence-corrected chi connectivity index (χ3v) is 8.30. The fraction of sp³-hybridized carbons (Fsp3) is 0.588. The van der Waals surface area contributed by atoms with Crippen LogP contribution in [0.5, 0.6) is 0 Å². The van der Waals surface area contributed by atoms with Crippen molar-refractivity contribution in [2.75, 3.05) is 32.8 Å². The zero-order chi connectivity index (χ0) is 40.6. The van der Waals surface area contributed by atoms with Crippen molar-refractivity contribution in [2.24, 2.45) is 33.8 Å². The van der Waals surface area contributed by atoms with Crippen LogP contribution in [-0.2, 0) is 40.0 Å². The van der Waals surface area contributed by atoms with Crippen LogP contribution >= 0.6 is 0 Å². The predicted octanol–water partition coefficient (Wildman–Crippen LogP) is -3.97. The molecule has 0 spiro atoms. The summed E-state index contributed by atoms with van der Waals surface area (Å²) in [5.74, 6) is -6.49. The number of aliphatic hydroxyl groups is 1. The minimum atomic E-state index is -1.41. The van der Waals surface area contributed by atoms with E-state index in [0.29, 0.717) is 31.4 Å². The van der Waals surface area contributed by atoms with E-state index in [1.807, 2.05) is 0 Å². The maximum absolute atomic E-state index is 13.9. The molecule has 0 radical (unpaired) electrons. The molecule has 54 heavy (non-hydrogen) atoms. The van der Waals surface area contributed by atoms with Gasteiger partial charge >= 0.3 is 5.97 Å². The van der Waals surface area contributed by atoms with Crippen molar-refractivity contribution in [2.45, 2.75) is 89.0 Å². The van der Waals surface area contributed by atoms with Crippen LogP contribution in [0.2, 0.25) is 0 Å². The van der Waals surface area contributed by atoms with Crippen molar-refractivity contribution in [1.29, 1.82) is 0 Å². The number of unbranched alkanes of at least 4 members (excludes halogenated alkanes) is 1. The number of nitrogens with one attached hydrogen (secondary N) is 6. The fourth-order valence-corrected chi connectivity index (χ4v) is 5.09. The molecule has 6 amide bonds. The highest BCUT2D eigenvalue weighted by Crippen LogP contribution is 2.12. The van der Waals surface area contributed by atoms with Crippen molar-refractivity contribution >= 4 is 47.4 Å². The molecule has 0 aliphatic heterocycles. The van der Waals surface area contributed by atoms with Gasteiger partial charge in [-0.05, 0) is 50.1 Å². The Morgan fingerprint density at radius 2 is 1.31 bits per heavy atom. The third-order valence-electron chi connectivity index (χ3n) is 8.30. The molecule has 302 valence electrons. The molecule has 1 aromatic carbocycles. The number of aliphatic hydroxyl groups excluding tert-OH is 1. The van der Waals surface area contributed by atoms with Crippen molar-refractivity contribution in [3.63, 3.8) is 0 Å². The number of hydrogen-bond donors (Lipinski definition) is 12. The number of aliphatic imine (C=N–C) groups is 1. The Kier molecular flexibility index (Phi) is 22.1. The number of rotatable bonds is 26.